The number of hydrogen-bond acceptors (Lipinski definition) is 6. The summed E-state index contributed by atoms with van der Waals surface area (Å²) in [6.45, 7) is 10.2. The Morgan fingerprint density at radius 1 is 0.686 bits per heavy atom. The summed E-state index contributed by atoms with van der Waals surface area (Å²) >= 11 is 0. The lowest BCUT2D eigenvalue weighted by Gasteiger charge is -2.33. The fraction of sp³-hybridized carbons (Fsp3) is 0.586. The molecule has 0 unspecified atom stereocenters. The van der Waals surface area contributed by atoms with Crippen LogP contribution in [0, 0.1) is 0 Å². The first-order valence-corrected chi connectivity index (χ1v) is 13.2. The topological polar surface area (TPSA) is 65.4 Å². The van der Waals surface area contributed by atoms with Crippen LogP contribution in [0.5, 0.6) is 11.5 Å². The second-order valence-corrected chi connectivity index (χ2v) is 10.5. The summed E-state index contributed by atoms with van der Waals surface area (Å²) in [7, 11) is 0. The van der Waals surface area contributed by atoms with E-state index in [4.69, 9.17) is 19.7 Å². The zero-order chi connectivity index (χ0) is 24.7. The van der Waals surface area contributed by atoms with Crippen LogP contribution in [0.25, 0.3) is 0 Å². The van der Waals surface area contributed by atoms with Crippen molar-refractivity contribution < 1.29 is 19.7 Å². The molecule has 2 aliphatic heterocycles. The summed E-state index contributed by atoms with van der Waals surface area (Å²) in [6.07, 6.45) is 6.01. The predicted octanol–water partition coefficient (Wildman–Crippen LogP) is 4.64. The van der Waals surface area contributed by atoms with Gasteiger partial charge in [-0.2, -0.15) is 0 Å². The standard InChI is InChI=1S/C29H42N2O4/c1-29(2,25-9-11-27-23(17-25)19-30(21-34-27)13-5-3-7-15-32)26-10-12-28-24(18-26)20-31(22-35-28)14-6-4-8-16-33/h9-12,17-18,32-33H,3-8,13-16,19-22H2,1-2H3. The maximum atomic E-state index is 9.01. The molecule has 0 atom stereocenters. The highest BCUT2D eigenvalue weighted by atomic mass is 16.5. The van der Waals surface area contributed by atoms with Gasteiger partial charge in [-0.3, -0.25) is 9.80 Å². The van der Waals surface area contributed by atoms with E-state index in [2.05, 4.69) is 60.0 Å². The lowest BCUT2D eigenvalue weighted by molar-refractivity contribution is 0.0928. The van der Waals surface area contributed by atoms with Crippen molar-refractivity contribution in [3.05, 3.63) is 58.7 Å². The Bertz CT molecular complexity index is 886. The maximum Gasteiger partial charge on any atom is 0.142 e. The molecule has 0 radical (unpaired) electrons. The number of fused-ring (bicyclic) bond motifs is 2. The summed E-state index contributed by atoms with van der Waals surface area (Å²) in [5, 5.41) is 18.0. The molecular weight excluding hydrogens is 440 g/mol. The number of aliphatic hydroxyl groups excluding tert-OH is 2. The van der Waals surface area contributed by atoms with Crippen LogP contribution in [0.2, 0.25) is 0 Å². The molecule has 6 heteroatoms. The van der Waals surface area contributed by atoms with Crippen molar-refractivity contribution >= 4 is 0 Å². The number of unbranched alkanes of at least 4 members (excludes halogenated alkanes) is 4. The third kappa shape index (κ3) is 6.56. The molecule has 2 aromatic carbocycles. The van der Waals surface area contributed by atoms with Gasteiger partial charge in [0, 0.05) is 55.9 Å². The first-order valence-electron chi connectivity index (χ1n) is 13.2. The second-order valence-electron chi connectivity index (χ2n) is 10.5. The zero-order valence-corrected chi connectivity index (χ0v) is 21.5. The van der Waals surface area contributed by atoms with E-state index in [0.29, 0.717) is 13.5 Å². The van der Waals surface area contributed by atoms with E-state index in [9.17, 15) is 0 Å². The molecule has 0 saturated heterocycles. The van der Waals surface area contributed by atoms with Crippen molar-refractivity contribution in [1.29, 1.82) is 0 Å². The monoisotopic (exact) mass is 482 g/mol. The molecule has 0 spiro atoms. The van der Waals surface area contributed by atoms with E-state index in [1.54, 1.807) is 0 Å². The van der Waals surface area contributed by atoms with Crippen molar-refractivity contribution in [2.75, 3.05) is 39.8 Å². The number of hydrogen-bond donors (Lipinski definition) is 2. The van der Waals surface area contributed by atoms with Gasteiger partial charge in [0.2, 0.25) is 0 Å². The fourth-order valence-corrected chi connectivity index (χ4v) is 5.06. The third-order valence-electron chi connectivity index (χ3n) is 7.42. The van der Waals surface area contributed by atoms with Gasteiger partial charge in [0.1, 0.15) is 25.0 Å². The van der Waals surface area contributed by atoms with E-state index in [0.717, 1.165) is 76.2 Å². The smallest absolute Gasteiger partial charge is 0.142 e. The zero-order valence-electron chi connectivity index (χ0n) is 21.5. The van der Waals surface area contributed by atoms with Gasteiger partial charge in [0.25, 0.3) is 0 Å². The average Bonchev–Trinajstić information content (AvgIpc) is 2.88. The molecule has 2 aromatic rings. The quantitative estimate of drug-likeness (QED) is 0.430. The Labute approximate surface area is 210 Å². The Balaban J connectivity index is 1.44. The van der Waals surface area contributed by atoms with Gasteiger partial charge in [-0.05, 0) is 73.9 Å². The third-order valence-corrected chi connectivity index (χ3v) is 7.42. The van der Waals surface area contributed by atoms with E-state index >= 15 is 0 Å². The number of benzene rings is 2. The number of aliphatic hydroxyl groups is 2. The summed E-state index contributed by atoms with van der Waals surface area (Å²) in [5.41, 5.74) is 4.94. The minimum Gasteiger partial charge on any atom is -0.478 e. The van der Waals surface area contributed by atoms with Crippen molar-refractivity contribution in [3.63, 3.8) is 0 Å². The summed E-state index contributed by atoms with van der Waals surface area (Å²) in [4.78, 5) is 4.70. The normalized spacial score (nSPS) is 16.3. The number of ether oxygens (including phenoxy) is 2. The van der Waals surface area contributed by atoms with E-state index in [1.807, 2.05) is 0 Å². The van der Waals surface area contributed by atoms with Crippen molar-refractivity contribution in [3.8, 4) is 11.5 Å². The molecule has 0 aromatic heterocycles. The fourth-order valence-electron chi connectivity index (χ4n) is 5.06. The van der Waals surface area contributed by atoms with Gasteiger partial charge >= 0.3 is 0 Å². The van der Waals surface area contributed by atoms with E-state index in [1.165, 1.54) is 22.3 Å². The SMILES string of the molecule is CC(C)(c1ccc2c(c1)CN(CCCCCO)CO2)c1ccc2c(c1)CN(CCCCCO)CO2. The highest BCUT2D eigenvalue weighted by Gasteiger charge is 2.28. The van der Waals surface area contributed by atoms with Gasteiger partial charge < -0.3 is 19.7 Å². The highest BCUT2D eigenvalue weighted by molar-refractivity contribution is 5.48. The molecule has 192 valence electrons. The van der Waals surface area contributed by atoms with Crippen LogP contribution >= 0.6 is 0 Å². The molecule has 0 bridgehead atoms. The Morgan fingerprint density at radius 2 is 1.14 bits per heavy atom. The van der Waals surface area contributed by atoms with Crippen LogP contribution in [-0.2, 0) is 18.5 Å². The van der Waals surface area contributed by atoms with Crippen LogP contribution in [0.1, 0.15) is 74.6 Å². The van der Waals surface area contributed by atoms with Crippen molar-refractivity contribution in [2.45, 2.75) is 70.9 Å². The molecule has 2 heterocycles. The van der Waals surface area contributed by atoms with E-state index < -0.39 is 0 Å². The minimum absolute atomic E-state index is 0.142. The van der Waals surface area contributed by atoms with E-state index in [-0.39, 0.29) is 18.6 Å². The van der Waals surface area contributed by atoms with Crippen LogP contribution in [0.15, 0.2) is 36.4 Å². The molecule has 4 rings (SSSR count). The molecule has 0 aliphatic carbocycles. The molecule has 0 amide bonds. The number of rotatable bonds is 12. The second kappa shape index (κ2) is 12.2. The Morgan fingerprint density at radius 3 is 1.57 bits per heavy atom. The van der Waals surface area contributed by atoms with Gasteiger partial charge in [-0.15, -0.1) is 0 Å². The Kier molecular flexibility index (Phi) is 9.06. The molecular formula is C29H42N2O4. The van der Waals surface area contributed by atoms with Gasteiger partial charge in [0.15, 0.2) is 0 Å². The minimum atomic E-state index is -0.142. The molecule has 2 aliphatic rings. The highest BCUT2D eigenvalue weighted by Crippen LogP contribution is 2.38. The molecule has 35 heavy (non-hydrogen) atoms. The molecule has 6 nitrogen and oxygen atoms in total. The molecule has 2 N–H and O–H groups in total. The molecule has 0 saturated carbocycles. The van der Waals surface area contributed by atoms with Gasteiger partial charge in [-0.1, -0.05) is 26.0 Å². The maximum absolute atomic E-state index is 9.01. The van der Waals surface area contributed by atoms with Crippen LogP contribution < -0.4 is 9.47 Å². The first kappa shape index (κ1) is 26.0. The summed E-state index contributed by atoms with van der Waals surface area (Å²) < 4.78 is 12.1. The summed E-state index contributed by atoms with van der Waals surface area (Å²) in [5.74, 6) is 1.98. The average molecular weight is 483 g/mol. The van der Waals surface area contributed by atoms with Crippen molar-refractivity contribution in [2.24, 2.45) is 0 Å². The predicted molar refractivity (Wildman–Crippen MR) is 139 cm³/mol. The van der Waals surface area contributed by atoms with Crippen LogP contribution in [-0.4, -0.2) is 59.8 Å². The van der Waals surface area contributed by atoms with Crippen molar-refractivity contribution in [1.82, 2.24) is 9.80 Å². The van der Waals surface area contributed by atoms with Crippen LogP contribution in [0.3, 0.4) is 0 Å². The largest absolute Gasteiger partial charge is 0.478 e. The van der Waals surface area contributed by atoms with Gasteiger partial charge in [0.05, 0.1) is 0 Å². The van der Waals surface area contributed by atoms with Gasteiger partial charge in [-0.25, -0.2) is 0 Å². The summed E-state index contributed by atoms with van der Waals surface area (Å²) in [6, 6.07) is 13.3. The lowest BCUT2D eigenvalue weighted by Crippen LogP contribution is -2.33. The Hall–Kier alpha value is -2.12. The first-order chi connectivity index (χ1) is 17.0. The number of nitrogens with zero attached hydrogens (tertiary/aromatic N) is 2. The molecule has 0 fully saturated rings. The van der Waals surface area contributed by atoms with Crippen LogP contribution in [0.4, 0.5) is 0 Å². The lowest BCUT2D eigenvalue weighted by atomic mass is 9.77.